The summed E-state index contributed by atoms with van der Waals surface area (Å²) in [5, 5.41) is 16.8. The number of non-ortho nitro benzene ring substituents is 1. The number of nitro groups is 1. The molecule has 0 radical (unpaired) electrons. The van der Waals surface area contributed by atoms with Gasteiger partial charge in [-0.2, -0.15) is 9.77 Å². The second-order valence-corrected chi connectivity index (χ2v) is 4.14. The maximum Gasteiger partial charge on any atom is 0.295 e. The Bertz CT molecular complexity index is 734. The summed E-state index contributed by atoms with van der Waals surface area (Å²) in [6, 6.07) is 5.84. The third kappa shape index (κ3) is 2.65. The smallest absolute Gasteiger partial charge is 0.295 e. The summed E-state index contributed by atoms with van der Waals surface area (Å²) in [5.41, 5.74) is 0.383. The molecule has 19 heavy (non-hydrogen) atoms. The summed E-state index contributed by atoms with van der Waals surface area (Å²) in [4.78, 5) is 21.8. The van der Waals surface area contributed by atoms with Crippen LogP contribution in [0.4, 0.5) is 5.69 Å². The Hall–Kier alpha value is -2.55. The lowest BCUT2D eigenvalue weighted by atomic mass is 10.1. The highest BCUT2D eigenvalue weighted by Gasteiger charge is 2.08. The molecule has 0 fully saturated rings. The van der Waals surface area contributed by atoms with Gasteiger partial charge in [-0.25, -0.2) is 0 Å². The van der Waals surface area contributed by atoms with E-state index in [4.69, 9.17) is 18.1 Å². The minimum atomic E-state index is -0.498. The van der Waals surface area contributed by atoms with Crippen molar-refractivity contribution in [1.29, 1.82) is 0 Å². The molecule has 1 aromatic carbocycles. The first kappa shape index (κ1) is 12.9. The van der Waals surface area contributed by atoms with Gasteiger partial charge in [0.15, 0.2) is 0 Å². The van der Waals surface area contributed by atoms with Gasteiger partial charge in [-0.15, -0.1) is 0 Å². The van der Waals surface area contributed by atoms with Crippen LogP contribution in [0, 0.1) is 14.9 Å². The summed E-state index contributed by atoms with van der Waals surface area (Å²) < 4.78 is 0.820. The zero-order valence-corrected chi connectivity index (χ0v) is 10.4. The van der Waals surface area contributed by atoms with Crippen LogP contribution in [0.1, 0.15) is 11.3 Å². The average molecular weight is 279 g/mol. The predicted octanol–water partition coefficient (Wildman–Crippen LogP) is 0.514. The zero-order valence-electron chi connectivity index (χ0n) is 9.57. The van der Waals surface area contributed by atoms with Crippen molar-refractivity contribution in [3.63, 3.8) is 0 Å². The van der Waals surface area contributed by atoms with Crippen molar-refractivity contribution in [2.45, 2.75) is 6.42 Å². The minimum Gasteiger partial charge on any atom is -0.334 e. The first-order chi connectivity index (χ1) is 8.99. The van der Waals surface area contributed by atoms with Crippen LogP contribution >= 0.6 is 12.2 Å². The highest BCUT2D eigenvalue weighted by Crippen LogP contribution is 2.13. The van der Waals surface area contributed by atoms with Crippen LogP contribution in [0.5, 0.6) is 0 Å². The highest BCUT2D eigenvalue weighted by atomic mass is 32.1. The van der Waals surface area contributed by atoms with E-state index in [9.17, 15) is 14.9 Å². The van der Waals surface area contributed by atoms with Gasteiger partial charge >= 0.3 is 0 Å². The SMILES string of the molecule is Nn1c(=S)[nH]nc(Cc2ccc([N+](=O)[O-])cc2)c1=O. The second-order valence-electron chi connectivity index (χ2n) is 3.75. The maximum atomic E-state index is 11.7. The second kappa shape index (κ2) is 4.98. The lowest BCUT2D eigenvalue weighted by Crippen LogP contribution is -2.32. The minimum absolute atomic E-state index is 0.0135. The Balaban J connectivity index is 2.32. The van der Waals surface area contributed by atoms with Crippen LogP contribution in [0.25, 0.3) is 0 Å². The molecule has 2 aromatic rings. The first-order valence-electron chi connectivity index (χ1n) is 5.18. The van der Waals surface area contributed by atoms with E-state index in [0.29, 0.717) is 5.56 Å². The van der Waals surface area contributed by atoms with E-state index in [0.717, 1.165) is 4.68 Å². The van der Waals surface area contributed by atoms with Gasteiger partial charge in [0, 0.05) is 18.6 Å². The number of nitrogens with one attached hydrogen (secondary N) is 1. The van der Waals surface area contributed by atoms with Crippen LogP contribution < -0.4 is 11.4 Å². The molecule has 0 saturated heterocycles. The van der Waals surface area contributed by atoms with Crippen molar-refractivity contribution in [3.05, 3.63) is 60.8 Å². The molecule has 0 atom stereocenters. The number of hydrogen-bond acceptors (Lipinski definition) is 6. The van der Waals surface area contributed by atoms with Gasteiger partial charge < -0.3 is 5.84 Å². The third-order valence-electron chi connectivity index (χ3n) is 2.49. The fourth-order valence-corrected chi connectivity index (χ4v) is 1.62. The summed E-state index contributed by atoms with van der Waals surface area (Å²) in [6.07, 6.45) is 0.208. The molecule has 0 saturated carbocycles. The number of nitrogen functional groups attached to an aromatic ring is 1. The van der Waals surface area contributed by atoms with E-state index in [-0.39, 0.29) is 22.6 Å². The number of aromatic nitrogens is 3. The number of aromatic amines is 1. The number of hydrogen-bond donors (Lipinski definition) is 2. The standard InChI is InChI=1S/C10H9N5O3S/c11-14-9(16)8(12-13-10(14)19)5-6-1-3-7(4-2-6)15(17)18/h1-4H,5,11H2,(H,13,19). The average Bonchev–Trinajstić information content (AvgIpc) is 2.40. The summed E-state index contributed by atoms with van der Waals surface area (Å²) >= 11 is 4.76. The molecule has 0 amide bonds. The largest absolute Gasteiger partial charge is 0.334 e. The molecule has 0 aliphatic carbocycles. The summed E-state index contributed by atoms with van der Waals surface area (Å²) in [7, 11) is 0. The maximum absolute atomic E-state index is 11.7. The van der Waals surface area contributed by atoms with E-state index in [1.165, 1.54) is 12.1 Å². The molecule has 0 unspecified atom stereocenters. The van der Waals surface area contributed by atoms with Crippen molar-refractivity contribution in [2.75, 3.05) is 5.84 Å². The number of nitro benzene ring substituents is 1. The number of benzene rings is 1. The number of nitrogens with two attached hydrogens (primary N) is 1. The molecular formula is C10H9N5O3S. The van der Waals surface area contributed by atoms with E-state index in [1.807, 2.05) is 0 Å². The molecule has 0 aliphatic heterocycles. The van der Waals surface area contributed by atoms with Crippen molar-refractivity contribution in [1.82, 2.24) is 14.9 Å². The van der Waals surface area contributed by atoms with Crippen LogP contribution in [-0.4, -0.2) is 19.8 Å². The monoisotopic (exact) mass is 279 g/mol. The Morgan fingerprint density at radius 3 is 2.63 bits per heavy atom. The van der Waals surface area contributed by atoms with Crippen LogP contribution in [-0.2, 0) is 6.42 Å². The Morgan fingerprint density at radius 1 is 1.42 bits per heavy atom. The predicted molar refractivity (Wildman–Crippen MR) is 69.7 cm³/mol. The van der Waals surface area contributed by atoms with Gasteiger partial charge in [-0.3, -0.25) is 20.0 Å². The van der Waals surface area contributed by atoms with Gasteiger partial charge in [0.05, 0.1) is 4.92 Å². The van der Waals surface area contributed by atoms with E-state index >= 15 is 0 Å². The summed E-state index contributed by atoms with van der Waals surface area (Å²) in [5.74, 6) is 5.44. The number of rotatable bonds is 3. The van der Waals surface area contributed by atoms with Gasteiger partial charge in [0.25, 0.3) is 11.2 Å². The van der Waals surface area contributed by atoms with Gasteiger partial charge in [0.1, 0.15) is 5.69 Å². The molecule has 0 spiro atoms. The Morgan fingerprint density at radius 2 is 2.05 bits per heavy atom. The molecule has 98 valence electrons. The van der Waals surface area contributed by atoms with Crippen molar-refractivity contribution in [2.24, 2.45) is 0 Å². The fraction of sp³-hybridized carbons (Fsp3) is 0.100. The molecule has 0 bridgehead atoms. The first-order valence-corrected chi connectivity index (χ1v) is 5.59. The number of H-pyrrole nitrogens is 1. The van der Waals surface area contributed by atoms with Gasteiger partial charge in [-0.1, -0.05) is 12.1 Å². The number of nitrogens with zero attached hydrogens (tertiary/aromatic N) is 3. The molecule has 9 heteroatoms. The molecule has 1 aromatic heterocycles. The van der Waals surface area contributed by atoms with Gasteiger partial charge in [-0.05, 0) is 17.8 Å². The van der Waals surface area contributed by atoms with Crippen LogP contribution in [0.15, 0.2) is 29.1 Å². The molecule has 0 aliphatic rings. The van der Waals surface area contributed by atoms with Crippen LogP contribution in [0.2, 0.25) is 0 Å². The van der Waals surface area contributed by atoms with Crippen molar-refractivity contribution < 1.29 is 4.92 Å². The van der Waals surface area contributed by atoms with E-state index in [1.54, 1.807) is 12.1 Å². The zero-order chi connectivity index (χ0) is 14.0. The van der Waals surface area contributed by atoms with Gasteiger partial charge in [0.2, 0.25) is 4.77 Å². The molecule has 3 N–H and O–H groups in total. The third-order valence-corrected chi connectivity index (χ3v) is 2.78. The molecule has 2 rings (SSSR count). The van der Waals surface area contributed by atoms with E-state index < -0.39 is 10.5 Å². The fourth-order valence-electron chi connectivity index (χ4n) is 1.49. The Labute approximate surface area is 111 Å². The highest BCUT2D eigenvalue weighted by molar-refractivity contribution is 7.71. The van der Waals surface area contributed by atoms with Crippen LogP contribution in [0.3, 0.4) is 0 Å². The summed E-state index contributed by atoms with van der Waals surface area (Å²) in [6.45, 7) is 0. The molecule has 1 heterocycles. The molecular weight excluding hydrogens is 270 g/mol. The normalized spacial score (nSPS) is 10.3. The topological polar surface area (TPSA) is 120 Å². The van der Waals surface area contributed by atoms with E-state index in [2.05, 4.69) is 10.2 Å². The molecule has 8 nitrogen and oxygen atoms in total. The lowest BCUT2D eigenvalue weighted by Gasteiger charge is -2.02. The van der Waals surface area contributed by atoms with Crippen molar-refractivity contribution >= 4 is 17.9 Å². The Kier molecular flexibility index (Phi) is 3.38. The quantitative estimate of drug-likeness (QED) is 0.365. The lowest BCUT2D eigenvalue weighted by molar-refractivity contribution is -0.384. The van der Waals surface area contributed by atoms with Crippen molar-refractivity contribution in [3.8, 4) is 0 Å².